The van der Waals surface area contributed by atoms with Crippen molar-refractivity contribution in [2.45, 2.75) is 12.5 Å². The average molecular weight is 270 g/mol. The molecule has 15 heavy (non-hydrogen) atoms. The van der Waals surface area contributed by atoms with Gasteiger partial charge >= 0.3 is 0 Å². The largest absolute Gasteiger partial charge is 0.379 e. The molecule has 1 N–H and O–H groups in total. The van der Waals surface area contributed by atoms with E-state index in [0.29, 0.717) is 12.2 Å². The SMILES string of the molecule is O=C(NC1CCOC1)c1ccccc1Br. The number of benzene rings is 1. The number of nitrogens with one attached hydrogen (secondary N) is 1. The summed E-state index contributed by atoms with van der Waals surface area (Å²) < 4.78 is 6.02. The molecule has 1 aliphatic heterocycles. The Labute approximate surface area is 96.9 Å². The third-order valence-electron chi connectivity index (χ3n) is 2.38. The molecule has 4 heteroatoms. The van der Waals surface area contributed by atoms with Crippen LogP contribution < -0.4 is 5.32 Å². The first-order chi connectivity index (χ1) is 7.27. The monoisotopic (exact) mass is 269 g/mol. The second-order valence-electron chi connectivity index (χ2n) is 3.51. The highest BCUT2D eigenvalue weighted by Gasteiger charge is 2.19. The van der Waals surface area contributed by atoms with Crippen molar-refractivity contribution in [2.24, 2.45) is 0 Å². The van der Waals surface area contributed by atoms with Crippen molar-refractivity contribution in [1.82, 2.24) is 5.32 Å². The van der Waals surface area contributed by atoms with Crippen LogP contribution >= 0.6 is 15.9 Å². The summed E-state index contributed by atoms with van der Waals surface area (Å²) in [5, 5.41) is 2.94. The molecule has 80 valence electrons. The lowest BCUT2D eigenvalue weighted by molar-refractivity contribution is 0.0929. The van der Waals surface area contributed by atoms with E-state index in [1.165, 1.54) is 0 Å². The number of ether oxygens (including phenoxy) is 1. The lowest BCUT2D eigenvalue weighted by Crippen LogP contribution is -2.35. The molecule has 0 bridgehead atoms. The molecule has 0 aliphatic carbocycles. The average Bonchev–Trinajstić information content (AvgIpc) is 2.71. The third-order valence-corrected chi connectivity index (χ3v) is 3.07. The summed E-state index contributed by atoms with van der Waals surface area (Å²) >= 11 is 3.35. The van der Waals surface area contributed by atoms with Crippen LogP contribution in [0.4, 0.5) is 0 Å². The van der Waals surface area contributed by atoms with Gasteiger partial charge in [0.15, 0.2) is 0 Å². The van der Waals surface area contributed by atoms with Gasteiger partial charge in [-0.25, -0.2) is 0 Å². The minimum Gasteiger partial charge on any atom is -0.379 e. The van der Waals surface area contributed by atoms with E-state index >= 15 is 0 Å². The van der Waals surface area contributed by atoms with Crippen LogP contribution in [0, 0.1) is 0 Å². The smallest absolute Gasteiger partial charge is 0.252 e. The van der Waals surface area contributed by atoms with Gasteiger partial charge in [0.25, 0.3) is 5.91 Å². The van der Waals surface area contributed by atoms with Crippen molar-refractivity contribution in [3.63, 3.8) is 0 Å². The molecule has 0 spiro atoms. The molecule has 1 saturated heterocycles. The zero-order chi connectivity index (χ0) is 10.7. The first kappa shape index (κ1) is 10.6. The number of carbonyl (C=O) groups is 1. The fraction of sp³-hybridized carbons (Fsp3) is 0.364. The first-order valence-electron chi connectivity index (χ1n) is 4.90. The van der Waals surface area contributed by atoms with Crippen molar-refractivity contribution in [3.05, 3.63) is 34.3 Å². The number of hydrogen-bond acceptors (Lipinski definition) is 2. The lowest BCUT2D eigenvalue weighted by atomic mass is 10.2. The number of hydrogen-bond donors (Lipinski definition) is 1. The predicted molar refractivity (Wildman–Crippen MR) is 60.8 cm³/mol. The molecule has 1 amide bonds. The van der Waals surface area contributed by atoms with Gasteiger partial charge in [-0.1, -0.05) is 12.1 Å². The van der Waals surface area contributed by atoms with Gasteiger partial charge in [-0.15, -0.1) is 0 Å². The molecule has 1 unspecified atom stereocenters. The predicted octanol–water partition coefficient (Wildman–Crippen LogP) is 1.97. The summed E-state index contributed by atoms with van der Waals surface area (Å²) in [5.41, 5.74) is 0.671. The van der Waals surface area contributed by atoms with Gasteiger partial charge in [-0.3, -0.25) is 4.79 Å². The molecule has 1 heterocycles. The molecule has 2 rings (SSSR count). The van der Waals surface area contributed by atoms with Crippen molar-refractivity contribution in [3.8, 4) is 0 Å². The first-order valence-corrected chi connectivity index (χ1v) is 5.70. The molecule has 1 atom stereocenters. The van der Waals surface area contributed by atoms with Crippen LogP contribution in [-0.4, -0.2) is 25.2 Å². The Bertz CT molecular complexity index is 361. The van der Waals surface area contributed by atoms with E-state index in [1.54, 1.807) is 6.07 Å². The van der Waals surface area contributed by atoms with Crippen LogP contribution in [0.15, 0.2) is 28.7 Å². The van der Waals surface area contributed by atoms with E-state index in [0.717, 1.165) is 17.5 Å². The number of carbonyl (C=O) groups excluding carboxylic acids is 1. The summed E-state index contributed by atoms with van der Waals surface area (Å²) in [7, 11) is 0. The van der Waals surface area contributed by atoms with Crippen LogP contribution in [0.25, 0.3) is 0 Å². The second-order valence-corrected chi connectivity index (χ2v) is 4.37. The fourth-order valence-corrected chi connectivity index (χ4v) is 2.02. The highest BCUT2D eigenvalue weighted by molar-refractivity contribution is 9.10. The Kier molecular flexibility index (Phi) is 3.38. The summed E-state index contributed by atoms with van der Waals surface area (Å²) in [4.78, 5) is 11.8. The summed E-state index contributed by atoms with van der Waals surface area (Å²) in [6, 6.07) is 7.56. The minimum absolute atomic E-state index is 0.0435. The van der Waals surface area contributed by atoms with Crippen LogP contribution in [-0.2, 0) is 4.74 Å². The summed E-state index contributed by atoms with van der Waals surface area (Å²) in [5.74, 6) is -0.0435. The van der Waals surface area contributed by atoms with E-state index in [-0.39, 0.29) is 11.9 Å². The minimum atomic E-state index is -0.0435. The molecule has 0 radical (unpaired) electrons. The van der Waals surface area contributed by atoms with Gasteiger partial charge in [0.1, 0.15) is 0 Å². The maximum absolute atomic E-state index is 11.8. The van der Waals surface area contributed by atoms with Gasteiger partial charge in [-0.2, -0.15) is 0 Å². The van der Waals surface area contributed by atoms with Crippen molar-refractivity contribution in [1.29, 1.82) is 0 Å². The van der Waals surface area contributed by atoms with Gasteiger partial charge in [0.2, 0.25) is 0 Å². The van der Waals surface area contributed by atoms with Gasteiger partial charge in [0, 0.05) is 11.1 Å². The summed E-state index contributed by atoms with van der Waals surface area (Å²) in [6.45, 7) is 1.36. The Morgan fingerprint density at radius 2 is 2.27 bits per heavy atom. The van der Waals surface area contributed by atoms with Crippen LogP contribution in [0.1, 0.15) is 16.8 Å². The third kappa shape index (κ3) is 2.58. The number of rotatable bonds is 2. The maximum atomic E-state index is 11.8. The van der Waals surface area contributed by atoms with Gasteiger partial charge < -0.3 is 10.1 Å². The zero-order valence-corrected chi connectivity index (χ0v) is 9.79. The Morgan fingerprint density at radius 3 is 2.93 bits per heavy atom. The Morgan fingerprint density at radius 1 is 1.47 bits per heavy atom. The van der Waals surface area contributed by atoms with Crippen molar-refractivity contribution >= 4 is 21.8 Å². The topological polar surface area (TPSA) is 38.3 Å². The van der Waals surface area contributed by atoms with E-state index in [1.807, 2.05) is 18.2 Å². The molecule has 3 nitrogen and oxygen atoms in total. The molecular formula is C11H12BrNO2. The normalized spacial score (nSPS) is 20.2. The van der Waals surface area contributed by atoms with Crippen LogP contribution in [0.3, 0.4) is 0 Å². The van der Waals surface area contributed by atoms with E-state index in [9.17, 15) is 4.79 Å². The van der Waals surface area contributed by atoms with Crippen LogP contribution in [0.5, 0.6) is 0 Å². The van der Waals surface area contributed by atoms with E-state index in [2.05, 4.69) is 21.2 Å². The lowest BCUT2D eigenvalue weighted by Gasteiger charge is -2.11. The zero-order valence-electron chi connectivity index (χ0n) is 8.20. The molecule has 1 aliphatic rings. The van der Waals surface area contributed by atoms with E-state index < -0.39 is 0 Å². The molecule has 1 aromatic rings. The van der Waals surface area contributed by atoms with E-state index in [4.69, 9.17) is 4.74 Å². The molecule has 0 aromatic heterocycles. The van der Waals surface area contributed by atoms with Gasteiger partial charge in [-0.05, 0) is 34.5 Å². The molecule has 1 fully saturated rings. The molecule has 0 saturated carbocycles. The maximum Gasteiger partial charge on any atom is 0.252 e. The van der Waals surface area contributed by atoms with Gasteiger partial charge in [0.05, 0.1) is 18.2 Å². The molecule has 1 aromatic carbocycles. The number of amides is 1. The van der Waals surface area contributed by atoms with Crippen molar-refractivity contribution in [2.75, 3.05) is 13.2 Å². The standard InChI is InChI=1S/C11H12BrNO2/c12-10-4-2-1-3-9(10)11(14)13-8-5-6-15-7-8/h1-4,8H,5-7H2,(H,13,14). The molecular weight excluding hydrogens is 258 g/mol. The Hall–Kier alpha value is -0.870. The summed E-state index contributed by atoms with van der Waals surface area (Å²) in [6.07, 6.45) is 0.899. The Balaban J connectivity index is 2.04. The highest BCUT2D eigenvalue weighted by atomic mass is 79.9. The quantitative estimate of drug-likeness (QED) is 0.892. The second kappa shape index (κ2) is 4.77. The van der Waals surface area contributed by atoms with Crippen LogP contribution in [0.2, 0.25) is 0 Å². The highest BCUT2D eigenvalue weighted by Crippen LogP contribution is 2.16. The van der Waals surface area contributed by atoms with Crippen molar-refractivity contribution < 1.29 is 9.53 Å². The number of halogens is 1. The fourth-order valence-electron chi connectivity index (χ4n) is 1.56.